The quantitative estimate of drug-likeness (QED) is 0.437. The summed E-state index contributed by atoms with van der Waals surface area (Å²) in [7, 11) is 1.59. The number of nitrogens with zero attached hydrogens (tertiary/aromatic N) is 3. The molecule has 2 aromatic carbocycles. The Balaban J connectivity index is 1.39. The van der Waals surface area contributed by atoms with E-state index in [0.717, 1.165) is 5.56 Å². The molecule has 0 saturated heterocycles. The molecule has 184 valence electrons. The Labute approximate surface area is 206 Å². The first-order valence-electron chi connectivity index (χ1n) is 11.3. The summed E-state index contributed by atoms with van der Waals surface area (Å²) in [6.07, 6.45) is 0. The molecule has 1 aliphatic heterocycles. The zero-order valence-electron chi connectivity index (χ0n) is 20.0. The normalized spacial score (nSPS) is 12.3. The second kappa shape index (κ2) is 9.57. The summed E-state index contributed by atoms with van der Waals surface area (Å²) in [6, 6.07) is 14.1. The molecule has 1 N–H and O–H groups in total. The maximum atomic E-state index is 13.4. The van der Waals surface area contributed by atoms with Crippen LogP contribution in [0.25, 0.3) is 22.8 Å². The van der Waals surface area contributed by atoms with Crippen LogP contribution in [0.4, 0.5) is 5.69 Å². The Morgan fingerprint density at radius 3 is 2.56 bits per heavy atom. The number of anilines is 1. The van der Waals surface area contributed by atoms with Gasteiger partial charge in [-0.15, -0.1) is 0 Å². The van der Waals surface area contributed by atoms with Gasteiger partial charge in [-0.2, -0.15) is 4.98 Å². The Morgan fingerprint density at radius 2 is 1.81 bits per heavy atom. The van der Waals surface area contributed by atoms with Crippen LogP contribution in [0.2, 0.25) is 0 Å². The van der Waals surface area contributed by atoms with Crippen LogP contribution in [0, 0.1) is 13.8 Å². The van der Waals surface area contributed by atoms with E-state index in [9.17, 15) is 9.59 Å². The standard InChI is InChI=1S/C26H24N4O6/c1-15-12-16(2)30(14-22(31)27-18-6-9-20-21(13-18)35-11-10-34-20)26(32)23(15)25-28-24(29-36-25)17-4-7-19(33-3)8-5-17/h4-9,12-13H,10-11,14H2,1-3H3,(H,27,31). The summed E-state index contributed by atoms with van der Waals surface area (Å²) in [5.41, 5.74) is 2.42. The molecule has 0 spiro atoms. The van der Waals surface area contributed by atoms with Gasteiger partial charge in [-0.05, 0) is 61.9 Å². The van der Waals surface area contributed by atoms with E-state index in [-0.39, 0.29) is 23.9 Å². The molecule has 5 rings (SSSR count). The van der Waals surface area contributed by atoms with Crippen molar-refractivity contribution in [3.63, 3.8) is 0 Å². The van der Waals surface area contributed by atoms with E-state index in [4.69, 9.17) is 18.7 Å². The summed E-state index contributed by atoms with van der Waals surface area (Å²) in [5.74, 6) is 1.96. The Kier molecular flexibility index (Phi) is 6.16. The van der Waals surface area contributed by atoms with Crippen LogP contribution in [0.15, 0.2) is 57.8 Å². The number of amides is 1. The van der Waals surface area contributed by atoms with Gasteiger partial charge >= 0.3 is 0 Å². The zero-order valence-corrected chi connectivity index (χ0v) is 20.0. The number of benzene rings is 2. The molecule has 10 heteroatoms. The van der Waals surface area contributed by atoms with Gasteiger partial charge in [0.05, 0.1) is 7.11 Å². The molecule has 0 radical (unpaired) electrons. The zero-order chi connectivity index (χ0) is 25.2. The average molecular weight is 489 g/mol. The molecule has 0 atom stereocenters. The van der Waals surface area contributed by atoms with Gasteiger partial charge in [0.25, 0.3) is 11.4 Å². The van der Waals surface area contributed by atoms with E-state index in [1.165, 1.54) is 4.57 Å². The minimum atomic E-state index is -0.394. The topological polar surface area (TPSA) is 118 Å². The van der Waals surface area contributed by atoms with Gasteiger partial charge in [-0.3, -0.25) is 9.59 Å². The third-order valence-electron chi connectivity index (χ3n) is 5.82. The summed E-state index contributed by atoms with van der Waals surface area (Å²) >= 11 is 0. The smallest absolute Gasteiger partial charge is 0.264 e. The van der Waals surface area contributed by atoms with Crippen LogP contribution < -0.4 is 25.1 Å². The fraction of sp³-hybridized carbons (Fsp3) is 0.231. The lowest BCUT2D eigenvalue weighted by Gasteiger charge is -2.19. The summed E-state index contributed by atoms with van der Waals surface area (Å²) in [6.45, 7) is 4.30. The second-order valence-corrected chi connectivity index (χ2v) is 8.29. The van der Waals surface area contributed by atoms with Crippen molar-refractivity contribution in [2.75, 3.05) is 25.6 Å². The third-order valence-corrected chi connectivity index (χ3v) is 5.82. The van der Waals surface area contributed by atoms with Crippen molar-refractivity contribution in [1.82, 2.24) is 14.7 Å². The van der Waals surface area contributed by atoms with Crippen molar-refractivity contribution in [3.05, 3.63) is 70.1 Å². The van der Waals surface area contributed by atoms with Crippen molar-refractivity contribution in [2.45, 2.75) is 20.4 Å². The van der Waals surface area contributed by atoms with Gasteiger partial charge < -0.3 is 28.6 Å². The van der Waals surface area contributed by atoms with Crippen LogP contribution in [0.1, 0.15) is 11.3 Å². The number of pyridine rings is 1. The molecule has 4 aromatic rings. The highest BCUT2D eigenvalue weighted by atomic mass is 16.6. The second-order valence-electron chi connectivity index (χ2n) is 8.29. The number of rotatable bonds is 6. The number of fused-ring (bicyclic) bond motifs is 1. The van der Waals surface area contributed by atoms with E-state index in [0.29, 0.717) is 53.2 Å². The van der Waals surface area contributed by atoms with Crippen molar-refractivity contribution in [3.8, 4) is 40.1 Å². The maximum absolute atomic E-state index is 13.4. The molecular formula is C26H24N4O6. The Morgan fingerprint density at radius 1 is 1.06 bits per heavy atom. The van der Waals surface area contributed by atoms with Crippen LogP contribution in [-0.2, 0) is 11.3 Å². The predicted octanol–water partition coefficient (Wildman–Crippen LogP) is 3.60. The van der Waals surface area contributed by atoms with Crippen molar-refractivity contribution >= 4 is 11.6 Å². The molecule has 1 amide bonds. The van der Waals surface area contributed by atoms with Crippen LogP contribution in [-0.4, -0.2) is 40.9 Å². The Hall–Kier alpha value is -4.60. The van der Waals surface area contributed by atoms with Crippen molar-refractivity contribution < 1.29 is 23.5 Å². The molecule has 0 fully saturated rings. The molecule has 36 heavy (non-hydrogen) atoms. The summed E-state index contributed by atoms with van der Waals surface area (Å²) < 4.78 is 23.1. The summed E-state index contributed by atoms with van der Waals surface area (Å²) in [5, 5.41) is 6.84. The monoisotopic (exact) mass is 488 g/mol. The number of aryl methyl sites for hydroxylation is 2. The highest BCUT2D eigenvalue weighted by Crippen LogP contribution is 2.32. The van der Waals surface area contributed by atoms with Gasteiger partial charge in [0.2, 0.25) is 11.7 Å². The fourth-order valence-corrected chi connectivity index (χ4v) is 4.03. The van der Waals surface area contributed by atoms with E-state index < -0.39 is 5.56 Å². The average Bonchev–Trinajstić information content (AvgIpc) is 3.36. The first kappa shape index (κ1) is 23.2. The number of methoxy groups -OCH3 is 1. The van der Waals surface area contributed by atoms with E-state index in [1.54, 1.807) is 63.4 Å². The highest BCUT2D eigenvalue weighted by molar-refractivity contribution is 5.91. The molecule has 0 bridgehead atoms. The van der Waals surface area contributed by atoms with E-state index in [2.05, 4.69) is 15.5 Å². The van der Waals surface area contributed by atoms with E-state index in [1.807, 2.05) is 6.07 Å². The van der Waals surface area contributed by atoms with E-state index >= 15 is 0 Å². The number of nitrogens with one attached hydrogen (secondary N) is 1. The van der Waals surface area contributed by atoms with Gasteiger partial charge in [0, 0.05) is 23.0 Å². The van der Waals surface area contributed by atoms with Crippen LogP contribution >= 0.6 is 0 Å². The molecule has 0 saturated carbocycles. The number of hydrogen-bond donors (Lipinski definition) is 1. The third kappa shape index (κ3) is 4.52. The predicted molar refractivity (Wildman–Crippen MR) is 132 cm³/mol. The van der Waals surface area contributed by atoms with Gasteiger partial charge in [-0.1, -0.05) is 5.16 Å². The molecule has 2 aromatic heterocycles. The molecule has 0 aliphatic carbocycles. The lowest BCUT2D eigenvalue weighted by molar-refractivity contribution is -0.116. The SMILES string of the molecule is COc1ccc(-c2noc(-c3c(C)cc(C)n(CC(=O)Nc4ccc5c(c4)OCCO5)c3=O)n2)cc1. The number of ether oxygens (including phenoxy) is 3. The molecular weight excluding hydrogens is 464 g/mol. The minimum Gasteiger partial charge on any atom is -0.497 e. The highest BCUT2D eigenvalue weighted by Gasteiger charge is 2.21. The summed E-state index contributed by atoms with van der Waals surface area (Å²) in [4.78, 5) is 30.7. The van der Waals surface area contributed by atoms with Crippen LogP contribution in [0.5, 0.6) is 17.2 Å². The molecule has 10 nitrogen and oxygen atoms in total. The van der Waals surface area contributed by atoms with Gasteiger partial charge in [0.1, 0.15) is 31.1 Å². The largest absolute Gasteiger partial charge is 0.497 e. The lowest BCUT2D eigenvalue weighted by Crippen LogP contribution is -2.30. The maximum Gasteiger partial charge on any atom is 0.264 e. The number of hydrogen-bond acceptors (Lipinski definition) is 8. The molecule has 0 unspecified atom stereocenters. The minimum absolute atomic E-state index is 0.0873. The van der Waals surface area contributed by atoms with Gasteiger partial charge in [-0.25, -0.2) is 0 Å². The molecule has 1 aliphatic rings. The first-order chi connectivity index (χ1) is 17.4. The number of aromatic nitrogens is 3. The van der Waals surface area contributed by atoms with Gasteiger partial charge in [0.15, 0.2) is 11.5 Å². The Bertz CT molecular complexity index is 1490. The molecule has 3 heterocycles. The van der Waals surface area contributed by atoms with Crippen LogP contribution in [0.3, 0.4) is 0 Å². The van der Waals surface area contributed by atoms with Crippen molar-refractivity contribution in [2.24, 2.45) is 0 Å². The lowest BCUT2D eigenvalue weighted by atomic mass is 10.1. The van der Waals surface area contributed by atoms with Crippen molar-refractivity contribution in [1.29, 1.82) is 0 Å². The number of carbonyl (C=O) groups is 1. The number of carbonyl (C=O) groups excluding carboxylic acids is 1. The fourth-order valence-electron chi connectivity index (χ4n) is 4.03. The first-order valence-corrected chi connectivity index (χ1v) is 11.3.